The Balaban J connectivity index is 1.82. The monoisotopic (exact) mass is 287 g/mol. The van der Waals surface area contributed by atoms with E-state index in [9.17, 15) is 15.3 Å². The normalized spacial score (nSPS) is 12.2. The van der Waals surface area contributed by atoms with Crippen LogP contribution in [-0.4, -0.2) is 34.5 Å². The summed E-state index contributed by atoms with van der Waals surface area (Å²) < 4.78 is 0. The molecule has 0 spiro atoms. The van der Waals surface area contributed by atoms with Gasteiger partial charge < -0.3 is 20.6 Å². The standard InChI is InChI=1S/C17H21NO3/c19-12-15(11-13-5-7-16(20)8-6-13)18-10-9-14-3-1-2-4-17(14)21/h1-8,15,18-21H,9-12H2/t15-/m0/s1. The highest BCUT2D eigenvalue weighted by Gasteiger charge is 2.08. The fourth-order valence-corrected chi connectivity index (χ4v) is 2.25. The van der Waals surface area contributed by atoms with E-state index in [1.807, 2.05) is 24.3 Å². The van der Waals surface area contributed by atoms with Crippen LogP contribution in [0.25, 0.3) is 0 Å². The number of benzene rings is 2. The third kappa shape index (κ3) is 4.77. The molecular weight excluding hydrogens is 266 g/mol. The van der Waals surface area contributed by atoms with Gasteiger partial charge in [-0.25, -0.2) is 0 Å². The maximum absolute atomic E-state index is 9.69. The van der Waals surface area contributed by atoms with Crippen molar-refractivity contribution in [1.29, 1.82) is 0 Å². The molecule has 0 amide bonds. The maximum Gasteiger partial charge on any atom is 0.118 e. The molecule has 0 aromatic heterocycles. The molecule has 0 aliphatic heterocycles. The van der Waals surface area contributed by atoms with Gasteiger partial charge in [0.05, 0.1) is 6.61 Å². The van der Waals surface area contributed by atoms with E-state index >= 15 is 0 Å². The number of hydrogen-bond acceptors (Lipinski definition) is 4. The number of para-hydroxylation sites is 1. The number of phenols is 2. The van der Waals surface area contributed by atoms with Gasteiger partial charge in [-0.1, -0.05) is 30.3 Å². The molecule has 0 unspecified atom stereocenters. The number of aliphatic hydroxyl groups is 1. The molecule has 0 heterocycles. The van der Waals surface area contributed by atoms with Crippen molar-refractivity contribution in [2.45, 2.75) is 18.9 Å². The lowest BCUT2D eigenvalue weighted by Gasteiger charge is -2.16. The van der Waals surface area contributed by atoms with E-state index in [1.165, 1.54) is 0 Å². The van der Waals surface area contributed by atoms with E-state index in [2.05, 4.69) is 5.32 Å². The summed E-state index contributed by atoms with van der Waals surface area (Å²) in [7, 11) is 0. The third-order valence-electron chi connectivity index (χ3n) is 3.46. The van der Waals surface area contributed by atoms with Gasteiger partial charge in [-0.15, -0.1) is 0 Å². The molecule has 0 radical (unpaired) electrons. The van der Waals surface area contributed by atoms with Gasteiger partial charge in [0, 0.05) is 6.04 Å². The molecule has 0 bridgehead atoms. The first kappa shape index (κ1) is 15.4. The van der Waals surface area contributed by atoms with Crippen LogP contribution in [-0.2, 0) is 12.8 Å². The average molecular weight is 287 g/mol. The largest absolute Gasteiger partial charge is 0.508 e. The van der Waals surface area contributed by atoms with Crippen LogP contribution >= 0.6 is 0 Å². The zero-order valence-corrected chi connectivity index (χ0v) is 11.9. The number of aliphatic hydroxyl groups excluding tert-OH is 1. The molecule has 0 aliphatic carbocycles. The molecule has 21 heavy (non-hydrogen) atoms. The first-order valence-corrected chi connectivity index (χ1v) is 7.08. The van der Waals surface area contributed by atoms with Gasteiger partial charge in [0.1, 0.15) is 11.5 Å². The van der Waals surface area contributed by atoms with Crippen molar-refractivity contribution in [3.63, 3.8) is 0 Å². The molecule has 2 rings (SSSR count). The topological polar surface area (TPSA) is 72.7 Å². The Morgan fingerprint density at radius 1 is 0.952 bits per heavy atom. The summed E-state index contributed by atoms with van der Waals surface area (Å²) in [6, 6.07) is 14.2. The highest BCUT2D eigenvalue weighted by atomic mass is 16.3. The molecule has 4 nitrogen and oxygen atoms in total. The Bertz CT molecular complexity index is 554. The fourth-order valence-electron chi connectivity index (χ4n) is 2.25. The lowest BCUT2D eigenvalue weighted by molar-refractivity contribution is 0.242. The van der Waals surface area contributed by atoms with E-state index < -0.39 is 0 Å². The fraction of sp³-hybridized carbons (Fsp3) is 0.294. The second kappa shape index (κ2) is 7.67. The van der Waals surface area contributed by atoms with E-state index in [1.54, 1.807) is 24.3 Å². The van der Waals surface area contributed by atoms with Crippen LogP contribution in [0.3, 0.4) is 0 Å². The first-order valence-electron chi connectivity index (χ1n) is 7.08. The first-order chi connectivity index (χ1) is 10.2. The van der Waals surface area contributed by atoms with Crippen molar-refractivity contribution in [2.75, 3.05) is 13.2 Å². The van der Waals surface area contributed by atoms with Crippen molar-refractivity contribution in [2.24, 2.45) is 0 Å². The Morgan fingerprint density at radius 2 is 1.67 bits per heavy atom. The number of aromatic hydroxyl groups is 2. The average Bonchev–Trinajstić information content (AvgIpc) is 2.50. The summed E-state index contributed by atoms with van der Waals surface area (Å²) in [5, 5.41) is 31.7. The van der Waals surface area contributed by atoms with Gasteiger partial charge in [-0.05, 0) is 48.7 Å². The molecule has 2 aromatic carbocycles. The number of nitrogens with one attached hydrogen (secondary N) is 1. The van der Waals surface area contributed by atoms with Crippen molar-refractivity contribution in [3.8, 4) is 11.5 Å². The molecule has 1 atom stereocenters. The number of hydrogen-bond donors (Lipinski definition) is 4. The summed E-state index contributed by atoms with van der Waals surface area (Å²) >= 11 is 0. The maximum atomic E-state index is 9.69. The molecule has 0 saturated carbocycles. The summed E-state index contributed by atoms with van der Waals surface area (Å²) in [6.45, 7) is 0.725. The predicted octanol–water partition coefficient (Wildman–Crippen LogP) is 1.83. The van der Waals surface area contributed by atoms with Crippen LogP contribution in [0.15, 0.2) is 48.5 Å². The lowest BCUT2D eigenvalue weighted by Crippen LogP contribution is -2.35. The second-order valence-electron chi connectivity index (χ2n) is 5.08. The molecule has 0 saturated heterocycles. The van der Waals surface area contributed by atoms with E-state index in [-0.39, 0.29) is 18.4 Å². The minimum Gasteiger partial charge on any atom is -0.508 e. The zero-order chi connectivity index (χ0) is 15.1. The van der Waals surface area contributed by atoms with Gasteiger partial charge >= 0.3 is 0 Å². The third-order valence-corrected chi connectivity index (χ3v) is 3.46. The Kier molecular flexibility index (Phi) is 5.60. The highest BCUT2D eigenvalue weighted by Crippen LogP contribution is 2.15. The molecule has 4 heteroatoms. The molecular formula is C17H21NO3. The van der Waals surface area contributed by atoms with E-state index in [0.29, 0.717) is 25.1 Å². The van der Waals surface area contributed by atoms with Crippen molar-refractivity contribution >= 4 is 0 Å². The Labute approximate surface area is 124 Å². The molecule has 2 aromatic rings. The smallest absolute Gasteiger partial charge is 0.118 e. The zero-order valence-electron chi connectivity index (χ0n) is 11.9. The Morgan fingerprint density at radius 3 is 2.33 bits per heavy atom. The minimum absolute atomic E-state index is 0.0413. The summed E-state index contributed by atoms with van der Waals surface area (Å²) in [4.78, 5) is 0. The second-order valence-corrected chi connectivity index (χ2v) is 5.08. The van der Waals surface area contributed by atoms with Crippen molar-refractivity contribution in [3.05, 3.63) is 59.7 Å². The number of rotatable bonds is 7. The van der Waals surface area contributed by atoms with Crippen LogP contribution in [0.4, 0.5) is 0 Å². The van der Waals surface area contributed by atoms with Gasteiger partial charge in [0.15, 0.2) is 0 Å². The summed E-state index contributed by atoms with van der Waals surface area (Å²) in [5.41, 5.74) is 1.95. The lowest BCUT2D eigenvalue weighted by atomic mass is 10.1. The summed E-state index contributed by atoms with van der Waals surface area (Å²) in [5.74, 6) is 0.546. The van der Waals surface area contributed by atoms with Crippen LogP contribution in [0, 0.1) is 0 Å². The summed E-state index contributed by atoms with van der Waals surface area (Å²) in [6.07, 6.45) is 1.40. The number of phenolic OH excluding ortho intramolecular Hbond substituents is 2. The van der Waals surface area contributed by atoms with Gasteiger partial charge in [-0.2, -0.15) is 0 Å². The molecule has 0 aliphatic rings. The van der Waals surface area contributed by atoms with Crippen molar-refractivity contribution < 1.29 is 15.3 Å². The van der Waals surface area contributed by atoms with Crippen molar-refractivity contribution in [1.82, 2.24) is 5.32 Å². The minimum atomic E-state index is -0.0413. The van der Waals surface area contributed by atoms with E-state index in [0.717, 1.165) is 11.1 Å². The SMILES string of the molecule is OC[C@H](Cc1ccc(O)cc1)NCCc1ccccc1O. The van der Waals surface area contributed by atoms with Crippen LogP contribution in [0.1, 0.15) is 11.1 Å². The van der Waals surface area contributed by atoms with Gasteiger partial charge in [0.2, 0.25) is 0 Å². The molecule has 0 fully saturated rings. The van der Waals surface area contributed by atoms with Crippen LogP contribution in [0.5, 0.6) is 11.5 Å². The van der Waals surface area contributed by atoms with Crippen LogP contribution < -0.4 is 5.32 Å². The Hall–Kier alpha value is -2.04. The van der Waals surface area contributed by atoms with Crippen LogP contribution in [0.2, 0.25) is 0 Å². The molecule has 4 N–H and O–H groups in total. The molecule has 112 valence electrons. The van der Waals surface area contributed by atoms with Gasteiger partial charge in [0.25, 0.3) is 0 Å². The predicted molar refractivity (Wildman–Crippen MR) is 82.5 cm³/mol. The quantitative estimate of drug-likeness (QED) is 0.627. The van der Waals surface area contributed by atoms with Gasteiger partial charge in [-0.3, -0.25) is 0 Å². The van der Waals surface area contributed by atoms with E-state index in [4.69, 9.17) is 0 Å². The highest BCUT2D eigenvalue weighted by molar-refractivity contribution is 5.32.